The molecule has 1 aromatic heterocycles. The molecule has 0 aliphatic carbocycles. The summed E-state index contributed by atoms with van der Waals surface area (Å²) in [4.78, 5) is 3.91. The number of anilines is 2. The van der Waals surface area contributed by atoms with Crippen molar-refractivity contribution >= 4 is 28.7 Å². The highest BCUT2D eigenvalue weighted by molar-refractivity contribution is 7.80. The van der Waals surface area contributed by atoms with Crippen molar-refractivity contribution in [3.05, 3.63) is 54.4 Å². The van der Waals surface area contributed by atoms with Crippen LogP contribution in [-0.2, 0) is 6.18 Å². The van der Waals surface area contributed by atoms with E-state index in [1.165, 1.54) is 12.1 Å². The van der Waals surface area contributed by atoms with E-state index < -0.39 is 11.7 Å². The van der Waals surface area contributed by atoms with Crippen LogP contribution in [0, 0.1) is 0 Å². The summed E-state index contributed by atoms with van der Waals surface area (Å²) in [6.07, 6.45) is -1.13. The standard InChI is InChI=1S/C13H10F3N3S/c14-13(15,16)9-3-5-10(6-4-9)18-12(20)19-11-2-1-7-17-8-11/h1-8H,(H2,18,19,20). The maximum Gasteiger partial charge on any atom is 0.416 e. The second kappa shape index (κ2) is 5.87. The van der Waals surface area contributed by atoms with Crippen molar-refractivity contribution in [1.82, 2.24) is 4.98 Å². The molecule has 0 radical (unpaired) electrons. The minimum atomic E-state index is -4.34. The molecule has 2 N–H and O–H groups in total. The van der Waals surface area contributed by atoms with E-state index >= 15 is 0 Å². The fourth-order valence-corrected chi connectivity index (χ4v) is 1.71. The van der Waals surface area contributed by atoms with Crippen molar-refractivity contribution in [2.75, 3.05) is 10.6 Å². The molecule has 2 aromatic rings. The lowest BCUT2D eigenvalue weighted by Crippen LogP contribution is -2.19. The molecule has 2 rings (SSSR count). The number of hydrogen-bond acceptors (Lipinski definition) is 2. The van der Waals surface area contributed by atoms with Crippen molar-refractivity contribution in [1.29, 1.82) is 0 Å². The Kier molecular flexibility index (Phi) is 4.19. The van der Waals surface area contributed by atoms with Gasteiger partial charge in [0.2, 0.25) is 0 Å². The van der Waals surface area contributed by atoms with Crippen LogP contribution in [0.15, 0.2) is 48.8 Å². The van der Waals surface area contributed by atoms with E-state index in [1.807, 2.05) is 0 Å². The zero-order chi connectivity index (χ0) is 14.6. The van der Waals surface area contributed by atoms with Crippen LogP contribution in [0.4, 0.5) is 24.5 Å². The SMILES string of the molecule is FC(F)(F)c1ccc(NC(=S)Nc2cccnc2)cc1. The van der Waals surface area contributed by atoms with Gasteiger partial charge in [-0.3, -0.25) is 4.98 Å². The summed E-state index contributed by atoms with van der Waals surface area (Å²) in [7, 11) is 0. The average Bonchev–Trinajstić information content (AvgIpc) is 2.39. The molecule has 0 unspecified atom stereocenters. The van der Waals surface area contributed by atoms with E-state index in [0.29, 0.717) is 11.4 Å². The quantitative estimate of drug-likeness (QED) is 0.824. The minimum absolute atomic E-state index is 0.276. The first kappa shape index (κ1) is 14.3. The van der Waals surface area contributed by atoms with Gasteiger partial charge in [-0.25, -0.2) is 0 Å². The molecule has 7 heteroatoms. The monoisotopic (exact) mass is 297 g/mol. The summed E-state index contributed by atoms with van der Waals surface area (Å²) in [6, 6.07) is 8.14. The van der Waals surface area contributed by atoms with Gasteiger partial charge in [0, 0.05) is 11.9 Å². The Morgan fingerprint density at radius 2 is 1.65 bits per heavy atom. The van der Waals surface area contributed by atoms with Gasteiger partial charge in [0.1, 0.15) is 0 Å². The molecule has 3 nitrogen and oxygen atoms in total. The first-order chi connectivity index (χ1) is 9.45. The lowest BCUT2D eigenvalue weighted by atomic mass is 10.2. The molecule has 0 aliphatic rings. The van der Waals surface area contributed by atoms with Crippen LogP contribution in [0.1, 0.15) is 5.56 Å². The number of aromatic nitrogens is 1. The maximum atomic E-state index is 12.4. The highest BCUT2D eigenvalue weighted by Crippen LogP contribution is 2.29. The largest absolute Gasteiger partial charge is 0.416 e. The van der Waals surface area contributed by atoms with Crippen LogP contribution < -0.4 is 10.6 Å². The fraction of sp³-hybridized carbons (Fsp3) is 0.0769. The van der Waals surface area contributed by atoms with Crippen molar-refractivity contribution < 1.29 is 13.2 Å². The number of nitrogens with zero attached hydrogens (tertiary/aromatic N) is 1. The van der Waals surface area contributed by atoms with Crippen LogP contribution in [0.25, 0.3) is 0 Å². The Morgan fingerprint density at radius 3 is 2.20 bits per heavy atom. The number of nitrogens with one attached hydrogen (secondary N) is 2. The maximum absolute atomic E-state index is 12.4. The second-order valence-corrected chi connectivity index (χ2v) is 4.30. The molecule has 0 saturated carbocycles. The minimum Gasteiger partial charge on any atom is -0.332 e. The smallest absolute Gasteiger partial charge is 0.332 e. The lowest BCUT2D eigenvalue weighted by molar-refractivity contribution is -0.137. The summed E-state index contributed by atoms with van der Waals surface area (Å²) in [5, 5.41) is 5.94. The van der Waals surface area contributed by atoms with Gasteiger partial charge in [-0.05, 0) is 48.6 Å². The van der Waals surface area contributed by atoms with Crippen molar-refractivity contribution in [2.24, 2.45) is 0 Å². The molecule has 0 amide bonds. The summed E-state index contributed by atoms with van der Waals surface area (Å²) in [6.45, 7) is 0. The number of benzene rings is 1. The zero-order valence-corrected chi connectivity index (χ0v) is 10.9. The summed E-state index contributed by atoms with van der Waals surface area (Å²) in [5.74, 6) is 0. The van der Waals surface area contributed by atoms with Crippen molar-refractivity contribution in [3.8, 4) is 0 Å². The van der Waals surface area contributed by atoms with Gasteiger partial charge in [0.05, 0.1) is 17.4 Å². The number of thiocarbonyl (C=S) groups is 1. The van der Waals surface area contributed by atoms with Gasteiger partial charge in [-0.2, -0.15) is 13.2 Å². The topological polar surface area (TPSA) is 37.0 Å². The van der Waals surface area contributed by atoms with E-state index in [1.54, 1.807) is 24.5 Å². The average molecular weight is 297 g/mol. The molecule has 0 bridgehead atoms. The summed E-state index contributed by atoms with van der Waals surface area (Å²) >= 11 is 5.05. The van der Waals surface area contributed by atoms with Crippen LogP contribution in [0.3, 0.4) is 0 Å². The third kappa shape index (κ3) is 3.92. The number of pyridine rings is 1. The Bertz CT molecular complexity index is 582. The van der Waals surface area contributed by atoms with Gasteiger partial charge in [0.25, 0.3) is 0 Å². The van der Waals surface area contributed by atoms with E-state index in [0.717, 1.165) is 12.1 Å². The first-order valence-electron chi connectivity index (χ1n) is 5.60. The van der Waals surface area contributed by atoms with Crippen LogP contribution >= 0.6 is 12.2 Å². The number of alkyl halides is 3. The van der Waals surface area contributed by atoms with Gasteiger partial charge in [-0.1, -0.05) is 0 Å². The second-order valence-electron chi connectivity index (χ2n) is 3.90. The van der Waals surface area contributed by atoms with Gasteiger partial charge in [-0.15, -0.1) is 0 Å². The Balaban J connectivity index is 1.98. The fourth-order valence-electron chi connectivity index (χ4n) is 1.47. The predicted molar refractivity (Wildman–Crippen MR) is 75.5 cm³/mol. The Morgan fingerprint density at radius 1 is 1.00 bits per heavy atom. The summed E-state index contributed by atoms with van der Waals surface area (Å²) in [5.41, 5.74) is 0.463. The van der Waals surface area contributed by atoms with Crippen molar-refractivity contribution in [2.45, 2.75) is 6.18 Å². The number of halogens is 3. The third-order valence-corrected chi connectivity index (χ3v) is 2.59. The van der Waals surface area contributed by atoms with E-state index in [-0.39, 0.29) is 5.11 Å². The molecular formula is C13H10F3N3S. The van der Waals surface area contributed by atoms with Crippen LogP contribution in [0.5, 0.6) is 0 Å². The zero-order valence-electron chi connectivity index (χ0n) is 10.1. The molecule has 104 valence electrons. The van der Waals surface area contributed by atoms with Gasteiger partial charge in [0.15, 0.2) is 5.11 Å². The van der Waals surface area contributed by atoms with Gasteiger partial charge < -0.3 is 10.6 Å². The molecule has 1 aromatic carbocycles. The molecule has 0 fully saturated rings. The van der Waals surface area contributed by atoms with Gasteiger partial charge >= 0.3 is 6.18 Å². The molecule has 0 spiro atoms. The molecular weight excluding hydrogens is 287 g/mol. The van der Waals surface area contributed by atoms with Crippen LogP contribution in [-0.4, -0.2) is 10.1 Å². The highest BCUT2D eigenvalue weighted by atomic mass is 32.1. The predicted octanol–water partition coefficient (Wildman–Crippen LogP) is 3.91. The number of hydrogen-bond donors (Lipinski definition) is 2. The molecule has 20 heavy (non-hydrogen) atoms. The molecule has 0 aliphatic heterocycles. The number of rotatable bonds is 2. The summed E-state index contributed by atoms with van der Waals surface area (Å²) < 4.78 is 37.2. The lowest BCUT2D eigenvalue weighted by Gasteiger charge is -2.11. The van der Waals surface area contributed by atoms with Crippen molar-refractivity contribution in [3.63, 3.8) is 0 Å². The molecule has 0 atom stereocenters. The van der Waals surface area contributed by atoms with E-state index in [9.17, 15) is 13.2 Å². The highest BCUT2D eigenvalue weighted by Gasteiger charge is 2.29. The normalized spacial score (nSPS) is 10.9. The van der Waals surface area contributed by atoms with E-state index in [4.69, 9.17) is 12.2 Å². The van der Waals surface area contributed by atoms with E-state index in [2.05, 4.69) is 15.6 Å². The third-order valence-electron chi connectivity index (χ3n) is 2.39. The Labute approximate surface area is 118 Å². The molecule has 1 heterocycles. The van der Waals surface area contributed by atoms with Crippen LogP contribution in [0.2, 0.25) is 0 Å². The Hall–Kier alpha value is -2.15. The first-order valence-corrected chi connectivity index (χ1v) is 6.01. The molecule has 0 saturated heterocycles.